The van der Waals surface area contributed by atoms with Crippen LogP contribution in [0.1, 0.15) is 13.3 Å². The molecule has 0 heteroatoms. The third kappa shape index (κ3) is 1.01. The van der Waals surface area contributed by atoms with E-state index in [4.69, 9.17) is 0 Å². The number of hydrogen-bond acceptors (Lipinski definition) is 0. The predicted octanol–water partition coefficient (Wildman–Crippen LogP) is 1.90. The Morgan fingerprint density at radius 3 is 3.00 bits per heavy atom. The SMILES string of the molecule is CC#CC1=CC=CC1. The molecule has 0 aliphatic heterocycles. The standard InChI is InChI=1S/C8H8/c1-2-5-8-6-3-4-7-8/h3-4,6H,7H2,1H3. The second-order valence-electron chi connectivity index (χ2n) is 1.70. The summed E-state index contributed by atoms with van der Waals surface area (Å²) in [4.78, 5) is 0. The van der Waals surface area contributed by atoms with Gasteiger partial charge in [-0.3, -0.25) is 0 Å². The molecule has 0 bridgehead atoms. The minimum absolute atomic E-state index is 1.03. The highest BCUT2D eigenvalue weighted by molar-refractivity contribution is 5.37. The molecule has 0 spiro atoms. The van der Waals surface area contributed by atoms with Gasteiger partial charge >= 0.3 is 0 Å². The normalized spacial score (nSPS) is 14.9. The Bertz CT molecular complexity index is 184. The maximum atomic E-state index is 2.99. The topological polar surface area (TPSA) is 0 Å². The van der Waals surface area contributed by atoms with Gasteiger partial charge in [-0.1, -0.05) is 24.1 Å². The summed E-state index contributed by atoms with van der Waals surface area (Å²) in [6.07, 6.45) is 7.23. The number of hydrogen-bond donors (Lipinski definition) is 0. The molecule has 0 aromatic rings. The van der Waals surface area contributed by atoms with E-state index >= 15 is 0 Å². The Labute approximate surface area is 49.9 Å². The number of rotatable bonds is 0. The molecule has 8 heavy (non-hydrogen) atoms. The van der Waals surface area contributed by atoms with Gasteiger partial charge in [0.25, 0.3) is 0 Å². The van der Waals surface area contributed by atoms with E-state index in [1.807, 2.05) is 13.0 Å². The van der Waals surface area contributed by atoms with Crippen molar-refractivity contribution in [3.63, 3.8) is 0 Å². The van der Waals surface area contributed by atoms with E-state index in [2.05, 4.69) is 24.0 Å². The molecule has 0 saturated carbocycles. The minimum Gasteiger partial charge on any atom is -0.102 e. The highest BCUT2D eigenvalue weighted by Gasteiger charge is 1.90. The molecule has 0 aromatic carbocycles. The third-order valence-corrected chi connectivity index (χ3v) is 1.06. The molecule has 40 valence electrons. The number of allylic oxidation sites excluding steroid dienone is 4. The summed E-state index contributed by atoms with van der Waals surface area (Å²) in [5, 5.41) is 0. The molecular formula is C8H8. The molecule has 0 radical (unpaired) electrons. The zero-order chi connectivity index (χ0) is 5.82. The Balaban J connectivity index is 2.60. The summed E-state index contributed by atoms with van der Waals surface area (Å²) in [5.41, 5.74) is 1.23. The molecule has 0 saturated heterocycles. The lowest BCUT2D eigenvalue weighted by Gasteiger charge is -1.80. The quantitative estimate of drug-likeness (QED) is 0.412. The molecule has 0 amide bonds. The van der Waals surface area contributed by atoms with Crippen LogP contribution in [0.5, 0.6) is 0 Å². The Kier molecular flexibility index (Phi) is 1.54. The highest BCUT2D eigenvalue weighted by atomic mass is 13.9. The summed E-state index contributed by atoms with van der Waals surface area (Å²) in [6, 6.07) is 0. The smallest absolute Gasteiger partial charge is 0.00578 e. The van der Waals surface area contributed by atoms with Crippen LogP contribution in [-0.4, -0.2) is 0 Å². The lowest BCUT2D eigenvalue weighted by Crippen LogP contribution is -1.66. The van der Waals surface area contributed by atoms with E-state index in [1.165, 1.54) is 5.57 Å². The van der Waals surface area contributed by atoms with Gasteiger partial charge in [-0.25, -0.2) is 0 Å². The van der Waals surface area contributed by atoms with Crippen LogP contribution in [0.25, 0.3) is 0 Å². The molecule has 0 nitrogen and oxygen atoms in total. The largest absolute Gasteiger partial charge is 0.102 e. The fourth-order valence-corrected chi connectivity index (χ4v) is 0.700. The maximum absolute atomic E-state index is 2.99. The molecule has 0 heterocycles. The monoisotopic (exact) mass is 104 g/mol. The molecular weight excluding hydrogens is 96.1 g/mol. The summed E-state index contributed by atoms with van der Waals surface area (Å²) in [7, 11) is 0. The maximum Gasteiger partial charge on any atom is 0.00578 e. The van der Waals surface area contributed by atoms with Crippen molar-refractivity contribution in [3.8, 4) is 11.8 Å². The van der Waals surface area contributed by atoms with Crippen LogP contribution < -0.4 is 0 Å². The van der Waals surface area contributed by atoms with Gasteiger partial charge < -0.3 is 0 Å². The van der Waals surface area contributed by atoms with Crippen molar-refractivity contribution in [2.75, 3.05) is 0 Å². The lowest BCUT2D eigenvalue weighted by atomic mass is 10.2. The average molecular weight is 104 g/mol. The molecule has 0 fully saturated rings. The van der Waals surface area contributed by atoms with E-state index in [1.54, 1.807) is 0 Å². The summed E-state index contributed by atoms with van der Waals surface area (Å²) in [6.45, 7) is 1.86. The summed E-state index contributed by atoms with van der Waals surface area (Å²) < 4.78 is 0. The Morgan fingerprint density at radius 1 is 1.62 bits per heavy atom. The van der Waals surface area contributed by atoms with E-state index in [0.29, 0.717) is 0 Å². The van der Waals surface area contributed by atoms with Gasteiger partial charge in [0, 0.05) is 5.57 Å². The van der Waals surface area contributed by atoms with Crippen molar-refractivity contribution in [1.82, 2.24) is 0 Å². The van der Waals surface area contributed by atoms with Crippen molar-refractivity contribution in [2.45, 2.75) is 13.3 Å². The van der Waals surface area contributed by atoms with E-state index < -0.39 is 0 Å². The summed E-state index contributed by atoms with van der Waals surface area (Å²) >= 11 is 0. The van der Waals surface area contributed by atoms with Crippen molar-refractivity contribution >= 4 is 0 Å². The van der Waals surface area contributed by atoms with Crippen molar-refractivity contribution < 1.29 is 0 Å². The molecule has 0 N–H and O–H groups in total. The van der Waals surface area contributed by atoms with Gasteiger partial charge in [0.2, 0.25) is 0 Å². The van der Waals surface area contributed by atoms with Gasteiger partial charge in [-0.05, 0) is 13.3 Å². The predicted molar refractivity (Wildman–Crippen MR) is 35.3 cm³/mol. The zero-order valence-corrected chi connectivity index (χ0v) is 4.94. The van der Waals surface area contributed by atoms with Crippen LogP contribution in [0.2, 0.25) is 0 Å². The molecule has 1 aliphatic rings. The van der Waals surface area contributed by atoms with E-state index in [9.17, 15) is 0 Å². The van der Waals surface area contributed by atoms with Gasteiger partial charge in [0.1, 0.15) is 0 Å². The lowest BCUT2D eigenvalue weighted by molar-refractivity contribution is 1.36. The van der Waals surface area contributed by atoms with Crippen LogP contribution in [0.4, 0.5) is 0 Å². The second-order valence-corrected chi connectivity index (χ2v) is 1.70. The molecule has 1 aliphatic carbocycles. The fraction of sp³-hybridized carbons (Fsp3) is 0.250. The van der Waals surface area contributed by atoms with Crippen LogP contribution in [0.3, 0.4) is 0 Å². The fourth-order valence-electron chi connectivity index (χ4n) is 0.700. The van der Waals surface area contributed by atoms with Crippen molar-refractivity contribution in [2.24, 2.45) is 0 Å². The van der Waals surface area contributed by atoms with Gasteiger partial charge in [0.15, 0.2) is 0 Å². The van der Waals surface area contributed by atoms with Crippen LogP contribution in [0.15, 0.2) is 23.8 Å². The van der Waals surface area contributed by atoms with Gasteiger partial charge in [0.05, 0.1) is 0 Å². The molecule has 0 atom stereocenters. The average Bonchev–Trinajstić information content (AvgIpc) is 2.19. The first-order chi connectivity index (χ1) is 3.93. The highest BCUT2D eigenvalue weighted by Crippen LogP contribution is 2.07. The van der Waals surface area contributed by atoms with Crippen LogP contribution in [0, 0.1) is 11.8 Å². The van der Waals surface area contributed by atoms with Crippen LogP contribution in [-0.2, 0) is 0 Å². The van der Waals surface area contributed by atoms with E-state index in [0.717, 1.165) is 6.42 Å². The third-order valence-electron chi connectivity index (χ3n) is 1.06. The van der Waals surface area contributed by atoms with Crippen LogP contribution >= 0.6 is 0 Å². The second kappa shape index (κ2) is 2.37. The zero-order valence-electron chi connectivity index (χ0n) is 4.94. The van der Waals surface area contributed by atoms with Gasteiger partial charge in [-0.2, -0.15) is 0 Å². The first-order valence-electron chi connectivity index (χ1n) is 2.72. The Hall–Kier alpha value is -0.960. The first-order valence-corrected chi connectivity index (χ1v) is 2.72. The molecule has 0 unspecified atom stereocenters. The van der Waals surface area contributed by atoms with Crippen molar-refractivity contribution in [1.29, 1.82) is 0 Å². The summed E-state index contributed by atoms with van der Waals surface area (Å²) in [5.74, 6) is 5.84. The van der Waals surface area contributed by atoms with Gasteiger partial charge in [-0.15, -0.1) is 5.92 Å². The first kappa shape index (κ1) is 5.18. The minimum atomic E-state index is 1.03. The molecule has 1 rings (SSSR count). The molecule has 0 aromatic heterocycles. The van der Waals surface area contributed by atoms with Crippen molar-refractivity contribution in [3.05, 3.63) is 23.8 Å². The Morgan fingerprint density at radius 2 is 2.50 bits per heavy atom. The van der Waals surface area contributed by atoms with E-state index in [-0.39, 0.29) is 0 Å².